The second-order valence-electron chi connectivity index (χ2n) is 4.37. The van der Waals surface area contributed by atoms with Crippen LogP contribution in [0, 0.1) is 6.92 Å². The van der Waals surface area contributed by atoms with Gasteiger partial charge in [-0.1, -0.05) is 30.3 Å². The molecule has 0 N–H and O–H groups in total. The normalized spacial score (nSPS) is 14.5. The van der Waals surface area contributed by atoms with Crippen molar-refractivity contribution in [3.63, 3.8) is 0 Å². The minimum atomic E-state index is 0.625. The van der Waals surface area contributed by atoms with Crippen LogP contribution in [0.15, 0.2) is 48.5 Å². The van der Waals surface area contributed by atoms with E-state index in [1.165, 1.54) is 22.5 Å². The SMILES string of the molecule is Cc1cccc(N2COCc3ccccc32)c1. The quantitative estimate of drug-likeness (QED) is 0.735. The van der Waals surface area contributed by atoms with Gasteiger partial charge in [-0.2, -0.15) is 0 Å². The Bertz CT molecular complexity index is 536. The molecule has 2 aromatic rings. The Kier molecular flexibility index (Phi) is 2.57. The van der Waals surface area contributed by atoms with Crippen molar-refractivity contribution in [3.8, 4) is 0 Å². The predicted octanol–water partition coefficient (Wildman–Crippen LogP) is 3.62. The molecule has 0 unspecified atom stereocenters. The number of aryl methyl sites for hydroxylation is 1. The summed E-state index contributed by atoms with van der Waals surface area (Å²) in [5.74, 6) is 0. The van der Waals surface area contributed by atoms with E-state index in [4.69, 9.17) is 4.74 Å². The third kappa shape index (κ3) is 1.92. The average Bonchev–Trinajstić information content (AvgIpc) is 2.38. The first-order chi connectivity index (χ1) is 8.34. The molecule has 0 fully saturated rings. The molecule has 17 heavy (non-hydrogen) atoms. The molecular formula is C15H15NO. The third-order valence-electron chi connectivity index (χ3n) is 3.07. The van der Waals surface area contributed by atoms with E-state index >= 15 is 0 Å². The fraction of sp³-hybridized carbons (Fsp3) is 0.200. The van der Waals surface area contributed by atoms with Crippen molar-refractivity contribution >= 4 is 11.4 Å². The molecule has 1 aliphatic rings. The van der Waals surface area contributed by atoms with Crippen LogP contribution in [0.4, 0.5) is 11.4 Å². The number of ether oxygens (including phenoxy) is 1. The molecule has 1 aliphatic heterocycles. The molecule has 3 rings (SSSR count). The summed E-state index contributed by atoms with van der Waals surface area (Å²) in [4.78, 5) is 2.21. The summed E-state index contributed by atoms with van der Waals surface area (Å²) in [6, 6.07) is 16.9. The lowest BCUT2D eigenvalue weighted by Crippen LogP contribution is -2.26. The molecule has 86 valence electrons. The smallest absolute Gasteiger partial charge is 0.123 e. The number of rotatable bonds is 1. The highest BCUT2D eigenvalue weighted by Gasteiger charge is 2.17. The van der Waals surface area contributed by atoms with Gasteiger partial charge >= 0.3 is 0 Å². The summed E-state index contributed by atoms with van der Waals surface area (Å²) in [6.07, 6.45) is 0. The zero-order valence-electron chi connectivity index (χ0n) is 9.89. The van der Waals surface area contributed by atoms with Crippen LogP contribution < -0.4 is 4.90 Å². The van der Waals surface area contributed by atoms with Crippen molar-refractivity contribution < 1.29 is 4.74 Å². The van der Waals surface area contributed by atoms with Crippen molar-refractivity contribution in [2.24, 2.45) is 0 Å². The number of para-hydroxylation sites is 1. The Hall–Kier alpha value is -1.80. The first-order valence-electron chi connectivity index (χ1n) is 5.84. The monoisotopic (exact) mass is 225 g/mol. The van der Waals surface area contributed by atoms with E-state index in [0.29, 0.717) is 13.3 Å². The minimum absolute atomic E-state index is 0.625. The van der Waals surface area contributed by atoms with Crippen molar-refractivity contribution in [3.05, 3.63) is 59.7 Å². The van der Waals surface area contributed by atoms with Gasteiger partial charge < -0.3 is 9.64 Å². The average molecular weight is 225 g/mol. The molecule has 0 saturated carbocycles. The van der Waals surface area contributed by atoms with E-state index in [2.05, 4.69) is 60.4 Å². The van der Waals surface area contributed by atoms with E-state index in [1.807, 2.05) is 0 Å². The van der Waals surface area contributed by atoms with Gasteiger partial charge in [0.05, 0.1) is 6.61 Å². The fourth-order valence-electron chi connectivity index (χ4n) is 2.22. The highest BCUT2D eigenvalue weighted by molar-refractivity contribution is 5.67. The van der Waals surface area contributed by atoms with Crippen molar-refractivity contribution in [1.82, 2.24) is 0 Å². The van der Waals surface area contributed by atoms with Gasteiger partial charge in [-0.25, -0.2) is 0 Å². The fourth-order valence-corrected chi connectivity index (χ4v) is 2.22. The van der Waals surface area contributed by atoms with Gasteiger partial charge in [0, 0.05) is 16.9 Å². The van der Waals surface area contributed by atoms with Crippen LogP contribution in [-0.2, 0) is 11.3 Å². The van der Waals surface area contributed by atoms with Gasteiger partial charge in [0.2, 0.25) is 0 Å². The van der Waals surface area contributed by atoms with Gasteiger partial charge in [-0.3, -0.25) is 0 Å². The van der Waals surface area contributed by atoms with E-state index < -0.39 is 0 Å². The van der Waals surface area contributed by atoms with Gasteiger partial charge in [0.1, 0.15) is 6.73 Å². The summed E-state index contributed by atoms with van der Waals surface area (Å²) in [5, 5.41) is 0. The number of hydrogen-bond donors (Lipinski definition) is 0. The topological polar surface area (TPSA) is 12.5 Å². The molecule has 0 radical (unpaired) electrons. The largest absolute Gasteiger partial charge is 0.356 e. The zero-order valence-corrected chi connectivity index (χ0v) is 9.89. The molecule has 0 aromatic heterocycles. The molecule has 0 amide bonds. The Balaban J connectivity index is 2.06. The standard InChI is InChI=1S/C15H15NO/c1-12-5-4-7-14(9-12)16-11-17-10-13-6-2-3-8-15(13)16/h2-9H,10-11H2,1H3. The van der Waals surface area contributed by atoms with E-state index in [1.54, 1.807) is 0 Å². The number of anilines is 2. The van der Waals surface area contributed by atoms with Gasteiger partial charge in [0.15, 0.2) is 0 Å². The molecule has 0 saturated heterocycles. The molecule has 0 atom stereocenters. The molecule has 0 bridgehead atoms. The number of nitrogens with zero attached hydrogens (tertiary/aromatic N) is 1. The molecule has 2 aromatic carbocycles. The second kappa shape index (κ2) is 4.22. The van der Waals surface area contributed by atoms with Crippen LogP contribution in [0.5, 0.6) is 0 Å². The van der Waals surface area contributed by atoms with Gasteiger partial charge in [-0.15, -0.1) is 0 Å². The number of hydrogen-bond acceptors (Lipinski definition) is 2. The lowest BCUT2D eigenvalue weighted by molar-refractivity contribution is 0.117. The maximum Gasteiger partial charge on any atom is 0.123 e. The molecule has 0 spiro atoms. The minimum Gasteiger partial charge on any atom is -0.356 e. The van der Waals surface area contributed by atoms with E-state index in [0.717, 1.165) is 0 Å². The van der Waals surface area contributed by atoms with Gasteiger partial charge in [0.25, 0.3) is 0 Å². The van der Waals surface area contributed by atoms with E-state index in [9.17, 15) is 0 Å². The highest BCUT2D eigenvalue weighted by atomic mass is 16.5. The number of benzene rings is 2. The Morgan fingerprint density at radius 3 is 2.82 bits per heavy atom. The van der Waals surface area contributed by atoms with E-state index in [-0.39, 0.29) is 0 Å². The Labute approximate surface area is 101 Å². The number of fused-ring (bicyclic) bond motifs is 1. The van der Waals surface area contributed by atoms with Crippen LogP contribution in [0.3, 0.4) is 0 Å². The maximum atomic E-state index is 5.63. The summed E-state index contributed by atoms with van der Waals surface area (Å²) in [6.45, 7) is 3.44. The van der Waals surface area contributed by atoms with Crippen LogP contribution in [0.1, 0.15) is 11.1 Å². The molecular weight excluding hydrogens is 210 g/mol. The van der Waals surface area contributed by atoms with Crippen LogP contribution in [-0.4, -0.2) is 6.73 Å². The molecule has 2 heteroatoms. The molecule has 0 aliphatic carbocycles. The van der Waals surface area contributed by atoms with Crippen LogP contribution in [0.2, 0.25) is 0 Å². The zero-order chi connectivity index (χ0) is 11.7. The van der Waals surface area contributed by atoms with Crippen molar-refractivity contribution in [2.45, 2.75) is 13.5 Å². The van der Waals surface area contributed by atoms with Gasteiger partial charge in [-0.05, 0) is 30.7 Å². The predicted molar refractivity (Wildman–Crippen MR) is 69.4 cm³/mol. The third-order valence-corrected chi connectivity index (χ3v) is 3.07. The molecule has 1 heterocycles. The Morgan fingerprint density at radius 2 is 1.94 bits per heavy atom. The summed E-state index contributed by atoms with van der Waals surface area (Å²) in [7, 11) is 0. The lowest BCUT2D eigenvalue weighted by Gasteiger charge is -2.31. The van der Waals surface area contributed by atoms with Crippen LogP contribution in [0.25, 0.3) is 0 Å². The first-order valence-corrected chi connectivity index (χ1v) is 5.84. The summed E-state index contributed by atoms with van der Waals surface area (Å²) < 4.78 is 5.63. The highest BCUT2D eigenvalue weighted by Crippen LogP contribution is 2.32. The lowest BCUT2D eigenvalue weighted by atomic mass is 10.1. The summed E-state index contributed by atoms with van der Waals surface area (Å²) in [5.41, 5.74) is 4.97. The van der Waals surface area contributed by atoms with Crippen molar-refractivity contribution in [2.75, 3.05) is 11.6 Å². The van der Waals surface area contributed by atoms with Crippen LogP contribution >= 0.6 is 0 Å². The first kappa shape index (κ1) is 10.4. The summed E-state index contributed by atoms with van der Waals surface area (Å²) >= 11 is 0. The van der Waals surface area contributed by atoms with Crippen molar-refractivity contribution in [1.29, 1.82) is 0 Å². The molecule has 2 nitrogen and oxygen atoms in total. The second-order valence-corrected chi connectivity index (χ2v) is 4.37. The maximum absolute atomic E-state index is 5.63. The Morgan fingerprint density at radius 1 is 1.06 bits per heavy atom.